The van der Waals surface area contributed by atoms with Gasteiger partial charge in [-0.3, -0.25) is 9.69 Å². The van der Waals surface area contributed by atoms with Gasteiger partial charge in [0.1, 0.15) is 4.32 Å². The molecule has 0 spiro atoms. The van der Waals surface area contributed by atoms with Crippen LogP contribution in [0.3, 0.4) is 0 Å². The molecule has 0 unspecified atom stereocenters. The third-order valence-electron chi connectivity index (χ3n) is 3.38. The number of ether oxygens (including phenoxy) is 2. The molecule has 0 radical (unpaired) electrons. The average molecular weight is 383 g/mol. The van der Waals surface area contributed by atoms with Crippen molar-refractivity contribution in [1.82, 2.24) is 4.90 Å². The first-order chi connectivity index (χ1) is 11.9. The third-order valence-corrected chi connectivity index (χ3v) is 4.71. The lowest BCUT2D eigenvalue weighted by Crippen LogP contribution is -2.46. The Labute approximate surface area is 154 Å². The van der Waals surface area contributed by atoms with Gasteiger partial charge in [-0.05, 0) is 30.7 Å². The van der Waals surface area contributed by atoms with Crippen LogP contribution in [-0.4, -0.2) is 57.7 Å². The van der Waals surface area contributed by atoms with Crippen LogP contribution in [0.25, 0.3) is 6.08 Å². The number of benzene rings is 1. The van der Waals surface area contributed by atoms with Crippen LogP contribution in [-0.2, 0) is 9.59 Å². The van der Waals surface area contributed by atoms with E-state index in [1.165, 1.54) is 7.11 Å². The van der Waals surface area contributed by atoms with Crippen LogP contribution in [0.5, 0.6) is 11.5 Å². The minimum Gasteiger partial charge on any atom is -0.493 e. The molecule has 1 amide bonds. The first-order valence-electron chi connectivity index (χ1n) is 7.34. The summed E-state index contributed by atoms with van der Waals surface area (Å²) in [5, 5.41) is 18.3. The number of carboxylic acids is 1. The number of thioether (sulfide) groups is 1. The van der Waals surface area contributed by atoms with E-state index in [1.807, 2.05) is 6.92 Å². The Balaban J connectivity index is 2.31. The smallest absolute Gasteiger partial charge is 0.329 e. The summed E-state index contributed by atoms with van der Waals surface area (Å²) in [4.78, 5) is 24.8. The molecule has 0 saturated carbocycles. The Bertz CT molecular complexity index is 733. The second-order valence-electron chi connectivity index (χ2n) is 4.93. The fourth-order valence-corrected chi connectivity index (χ4v) is 3.58. The van der Waals surface area contributed by atoms with E-state index in [0.29, 0.717) is 23.7 Å². The number of thiocarbonyl (C=S) groups is 1. The Morgan fingerprint density at radius 2 is 2.16 bits per heavy atom. The first-order valence-corrected chi connectivity index (χ1v) is 8.57. The van der Waals surface area contributed by atoms with Gasteiger partial charge in [-0.1, -0.05) is 30.0 Å². The van der Waals surface area contributed by atoms with E-state index in [2.05, 4.69) is 0 Å². The van der Waals surface area contributed by atoms with E-state index in [9.17, 15) is 14.7 Å². The fraction of sp³-hybridized carbons (Fsp3) is 0.312. The van der Waals surface area contributed by atoms with Crippen LogP contribution in [0.2, 0.25) is 0 Å². The third kappa shape index (κ3) is 4.12. The Kier molecular flexibility index (Phi) is 6.40. The maximum absolute atomic E-state index is 12.5. The molecule has 1 atom stereocenters. The highest BCUT2D eigenvalue weighted by Gasteiger charge is 2.40. The molecule has 9 heteroatoms. The van der Waals surface area contributed by atoms with Gasteiger partial charge < -0.3 is 19.7 Å². The van der Waals surface area contributed by atoms with Crippen molar-refractivity contribution in [3.05, 3.63) is 28.7 Å². The van der Waals surface area contributed by atoms with Gasteiger partial charge in [-0.2, -0.15) is 0 Å². The number of rotatable bonds is 7. The number of carboxylic acid groups (broad SMARTS) is 1. The van der Waals surface area contributed by atoms with Crippen molar-refractivity contribution < 1.29 is 29.3 Å². The molecule has 0 aromatic heterocycles. The van der Waals surface area contributed by atoms with E-state index >= 15 is 0 Å². The molecule has 1 aliphatic rings. The van der Waals surface area contributed by atoms with Crippen molar-refractivity contribution in [2.45, 2.75) is 13.0 Å². The van der Waals surface area contributed by atoms with Crippen molar-refractivity contribution >= 4 is 46.3 Å². The first kappa shape index (κ1) is 19.2. The van der Waals surface area contributed by atoms with Crippen LogP contribution in [0.1, 0.15) is 12.5 Å². The molecule has 1 aromatic carbocycles. The number of nitrogens with zero attached hydrogens (tertiary/aromatic N) is 1. The SMILES string of the molecule is CCOc1ccc(/C=C2\SC(=S)N([C@@H](CO)C(=O)O)C2=O)cc1OC. The zero-order valence-corrected chi connectivity index (χ0v) is 15.2. The molecule has 2 N–H and O–H groups in total. The summed E-state index contributed by atoms with van der Waals surface area (Å²) in [6.07, 6.45) is 1.59. The van der Waals surface area contributed by atoms with Gasteiger partial charge in [-0.25, -0.2) is 4.79 Å². The lowest BCUT2D eigenvalue weighted by atomic mass is 10.1. The summed E-state index contributed by atoms with van der Waals surface area (Å²) in [6.45, 7) is 1.64. The van der Waals surface area contributed by atoms with Crippen LogP contribution in [0.4, 0.5) is 0 Å². The monoisotopic (exact) mass is 383 g/mol. The topological polar surface area (TPSA) is 96.3 Å². The van der Waals surface area contributed by atoms with Crippen molar-refractivity contribution in [2.24, 2.45) is 0 Å². The summed E-state index contributed by atoms with van der Waals surface area (Å²) >= 11 is 6.07. The molecule has 0 bridgehead atoms. The molecule has 25 heavy (non-hydrogen) atoms. The zero-order chi connectivity index (χ0) is 18.6. The van der Waals surface area contributed by atoms with Gasteiger partial charge in [0.15, 0.2) is 17.5 Å². The highest BCUT2D eigenvalue weighted by Crippen LogP contribution is 2.35. The van der Waals surface area contributed by atoms with Crippen molar-refractivity contribution in [3.63, 3.8) is 0 Å². The number of hydrogen-bond donors (Lipinski definition) is 2. The molecule has 2 rings (SSSR count). The predicted octanol–water partition coefficient (Wildman–Crippen LogP) is 1.74. The summed E-state index contributed by atoms with van der Waals surface area (Å²) < 4.78 is 10.8. The summed E-state index contributed by atoms with van der Waals surface area (Å²) in [5.41, 5.74) is 0.677. The van der Waals surface area contributed by atoms with Gasteiger partial charge in [0.2, 0.25) is 0 Å². The standard InChI is InChI=1S/C16H17NO6S2/c1-3-23-11-5-4-9(6-12(11)22-2)7-13-14(19)17(16(24)25-13)10(8-18)15(20)21/h4-7,10,18H,3,8H2,1-2H3,(H,20,21)/b13-7-/t10-/m0/s1. The number of hydrogen-bond acceptors (Lipinski definition) is 7. The highest BCUT2D eigenvalue weighted by molar-refractivity contribution is 8.26. The second-order valence-corrected chi connectivity index (χ2v) is 6.61. The molecule has 1 heterocycles. The zero-order valence-electron chi connectivity index (χ0n) is 13.6. The number of methoxy groups -OCH3 is 1. The second kappa shape index (κ2) is 8.32. The maximum Gasteiger partial charge on any atom is 0.329 e. The fourth-order valence-electron chi connectivity index (χ4n) is 2.22. The molecular formula is C16H17NO6S2. The van der Waals surface area contributed by atoms with E-state index < -0.39 is 24.5 Å². The van der Waals surface area contributed by atoms with Gasteiger partial charge in [0, 0.05) is 0 Å². The number of amides is 1. The number of aliphatic hydroxyl groups is 1. The quantitative estimate of drug-likeness (QED) is 0.543. The largest absolute Gasteiger partial charge is 0.493 e. The average Bonchev–Trinajstić information content (AvgIpc) is 2.84. The van der Waals surface area contributed by atoms with Gasteiger partial charge >= 0.3 is 5.97 Å². The van der Waals surface area contributed by atoms with Crippen molar-refractivity contribution in [2.75, 3.05) is 20.3 Å². The molecule has 7 nitrogen and oxygen atoms in total. The minimum atomic E-state index is -1.40. The number of aliphatic carboxylic acids is 1. The number of carbonyl (C=O) groups is 2. The maximum atomic E-state index is 12.5. The predicted molar refractivity (Wildman–Crippen MR) is 97.7 cm³/mol. The molecule has 0 aliphatic carbocycles. The van der Waals surface area contributed by atoms with E-state index in [1.54, 1.807) is 24.3 Å². The molecule has 1 saturated heterocycles. The van der Waals surface area contributed by atoms with E-state index in [4.69, 9.17) is 26.8 Å². The molecule has 1 aromatic rings. The number of aliphatic hydroxyl groups excluding tert-OH is 1. The molecule has 134 valence electrons. The van der Waals surface area contributed by atoms with Crippen LogP contribution in [0, 0.1) is 0 Å². The Morgan fingerprint density at radius 1 is 1.44 bits per heavy atom. The lowest BCUT2D eigenvalue weighted by molar-refractivity contribution is -0.146. The van der Waals surface area contributed by atoms with Gasteiger partial charge in [-0.15, -0.1) is 0 Å². The van der Waals surface area contributed by atoms with Crippen LogP contribution in [0.15, 0.2) is 23.1 Å². The number of carbonyl (C=O) groups excluding carboxylic acids is 1. The molecule has 1 fully saturated rings. The van der Waals surface area contributed by atoms with Crippen molar-refractivity contribution in [3.8, 4) is 11.5 Å². The Hall–Kier alpha value is -2.10. The molecule has 1 aliphatic heterocycles. The summed E-state index contributed by atoms with van der Waals surface area (Å²) in [5.74, 6) is -0.766. The lowest BCUT2D eigenvalue weighted by Gasteiger charge is -2.20. The van der Waals surface area contributed by atoms with Crippen LogP contribution >= 0.6 is 24.0 Å². The van der Waals surface area contributed by atoms with Gasteiger partial charge in [0.05, 0.1) is 25.2 Å². The van der Waals surface area contributed by atoms with Gasteiger partial charge in [0.25, 0.3) is 5.91 Å². The highest BCUT2D eigenvalue weighted by atomic mass is 32.2. The normalized spacial score (nSPS) is 17.1. The van der Waals surface area contributed by atoms with E-state index in [0.717, 1.165) is 16.7 Å². The van der Waals surface area contributed by atoms with Crippen LogP contribution < -0.4 is 9.47 Å². The Morgan fingerprint density at radius 3 is 2.72 bits per heavy atom. The molecular weight excluding hydrogens is 366 g/mol. The summed E-state index contributed by atoms with van der Waals surface area (Å²) in [6, 6.07) is 3.79. The minimum absolute atomic E-state index is 0.0931. The van der Waals surface area contributed by atoms with E-state index in [-0.39, 0.29) is 9.23 Å². The summed E-state index contributed by atoms with van der Waals surface area (Å²) in [7, 11) is 1.51. The van der Waals surface area contributed by atoms with Crippen molar-refractivity contribution in [1.29, 1.82) is 0 Å².